The van der Waals surface area contributed by atoms with Crippen LogP contribution in [0.15, 0.2) is 107 Å². The van der Waals surface area contributed by atoms with Crippen molar-refractivity contribution in [3.8, 4) is 22.8 Å². The van der Waals surface area contributed by atoms with Gasteiger partial charge in [0.1, 0.15) is 17.3 Å². The SMILES string of the molecule is COc1ccc(CN(C[C@]2(O)CC[C@H]3[C@]45C=C[C@@]6(C=C4C(=O)c4ccc(-c7cc(C(F)(F)F)ccc7Cl)o4)CC(O)CC[C@]6(C)[C@H]5CC[C@@]32C)C(=O)N[C@H](C)c2ccccc2)c(OC)c1. The third-order valence-electron chi connectivity index (χ3n) is 16.6. The molecule has 13 heteroatoms. The molecule has 1 aromatic heterocycles. The van der Waals surface area contributed by atoms with E-state index in [1.54, 1.807) is 25.2 Å². The van der Waals surface area contributed by atoms with E-state index < -0.39 is 45.5 Å². The molecule has 3 aromatic carbocycles. The summed E-state index contributed by atoms with van der Waals surface area (Å²) in [4.78, 5) is 31.5. The highest BCUT2D eigenvalue weighted by molar-refractivity contribution is 6.33. The molecule has 9 nitrogen and oxygen atoms in total. The molecule has 3 fully saturated rings. The number of hydrogen-bond acceptors (Lipinski definition) is 7. The largest absolute Gasteiger partial charge is 0.497 e. The van der Waals surface area contributed by atoms with Gasteiger partial charge in [0.25, 0.3) is 0 Å². The summed E-state index contributed by atoms with van der Waals surface area (Å²) in [6.45, 7) is 6.43. The van der Waals surface area contributed by atoms with Crippen LogP contribution >= 0.6 is 11.6 Å². The van der Waals surface area contributed by atoms with Crippen LogP contribution in [0.4, 0.5) is 18.0 Å². The Morgan fingerprint density at radius 3 is 2.37 bits per heavy atom. The first-order valence-corrected chi connectivity index (χ1v) is 22.9. The van der Waals surface area contributed by atoms with Crippen LogP contribution in [-0.2, 0) is 12.7 Å². The zero-order valence-corrected chi connectivity index (χ0v) is 38.1. The van der Waals surface area contributed by atoms with Gasteiger partial charge in [-0.1, -0.05) is 74.0 Å². The molecule has 1 unspecified atom stereocenters. The number of urea groups is 1. The minimum absolute atomic E-state index is 0.00727. The molecule has 2 spiro atoms. The first-order chi connectivity index (χ1) is 30.8. The smallest absolute Gasteiger partial charge is 0.416 e. The normalized spacial score (nSPS) is 31.6. The van der Waals surface area contributed by atoms with Crippen molar-refractivity contribution in [2.45, 2.75) is 96.2 Å². The van der Waals surface area contributed by atoms with Crippen molar-refractivity contribution in [2.75, 3.05) is 20.8 Å². The fraction of sp³-hybridized carbons (Fsp3) is 0.462. The number of ether oxygens (including phenoxy) is 2. The summed E-state index contributed by atoms with van der Waals surface area (Å²) in [5.74, 6) is 0.437. The molecule has 3 N–H and O–H groups in total. The van der Waals surface area contributed by atoms with Gasteiger partial charge in [-0.15, -0.1) is 0 Å². The van der Waals surface area contributed by atoms with Gasteiger partial charge in [0.2, 0.25) is 5.78 Å². The molecule has 4 aromatic rings. The number of methoxy groups -OCH3 is 2. The Balaban J connectivity index is 1.10. The molecule has 1 heterocycles. The van der Waals surface area contributed by atoms with Gasteiger partial charge in [0, 0.05) is 39.0 Å². The van der Waals surface area contributed by atoms with Crippen LogP contribution in [0.25, 0.3) is 11.3 Å². The fourth-order valence-electron chi connectivity index (χ4n) is 13.0. The fourth-order valence-corrected chi connectivity index (χ4v) is 13.2. The number of Topliss-reactive ketones (excluding diaryl/α,β-unsaturated/α-hetero) is 1. The number of amides is 2. The molecule has 0 saturated heterocycles. The summed E-state index contributed by atoms with van der Waals surface area (Å²) < 4.78 is 58.8. The zero-order valence-electron chi connectivity index (χ0n) is 37.3. The van der Waals surface area contributed by atoms with Crippen molar-refractivity contribution >= 4 is 23.4 Å². The number of nitrogens with zero attached hydrogens (tertiary/aromatic N) is 1. The van der Waals surface area contributed by atoms with Gasteiger partial charge in [-0.05, 0) is 117 Å². The number of halogens is 4. The predicted molar refractivity (Wildman–Crippen MR) is 240 cm³/mol. The Hall–Kier alpha value is -5.04. The molecule has 2 bridgehead atoms. The van der Waals surface area contributed by atoms with Crippen LogP contribution in [0, 0.1) is 33.5 Å². The number of fused-ring (bicyclic) bond motifs is 1. The zero-order chi connectivity index (χ0) is 46.3. The number of carbonyl (C=O) groups excluding carboxylic acids is 2. The topological polar surface area (TPSA) is 121 Å². The van der Waals surface area contributed by atoms with Crippen molar-refractivity contribution in [3.63, 3.8) is 0 Å². The number of benzene rings is 3. The molecule has 2 amide bonds. The van der Waals surface area contributed by atoms with E-state index in [2.05, 4.69) is 37.4 Å². The molecule has 344 valence electrons. The number of carbonyl (C=O) groups is 2. The van der Waals surface area contributed by atoms with Crippen molar-refractivity contribution in [1.82, 2.24) is 10.2 Å². The van der Waals surface area contributed by atoms with Crippen molar-refractivity contribution in [1.29, 1.82) is 0 Å². The van der Waals surface area contributed by atoms with Gasteiger partial charge in [-0.2, -0.15) is 13.2 Å². The third kappa shape index (κ3) is 7.12. The summed E-state index contributed by atoms with van der Waals surface area (Å²) >= 11 is 6.43. The lowest BCUT2D eigenvalue weighted by molar-refractivity contribution is -0.175. The molecule has 10 rings (SSSR count). The van der Waals surface area contributed by atoms with Gasteiger partial charge < -0.3 is 34.3 Å². The molecule has 0 radical (unpaired) electrons. The van der Waals surface area contributed by atoms with Crippen LogP contribution in [0.5, 0.6) is 11.5 Å². The van der Waals surface area contributed by atoms with Crippen molar-refractivity contribution in [3.05, 3.63) is 130 Å². The van der Waals surface area contributed by atoms with E-state index in [9.17, 15) is 28.2 Å². The Labute approximate surface area is 382 Å². The summed E-state index contributed by atoms with van der Waals surface area (Å²) in [6.07, 6.45) is 5.27. The van der Waals surface area contributed by atoms with Crippen LogP contribution in [0.2, 0.25) is 5.02 Å². The van der Waals surface area contributed by atoms with E-state index in [1.807, 2.05) is 49.4 Å². The second-order valence-corrected chi connectivity index (χ2v) is 20.0. The first kappa shape index (κ1) is 45.1. The predicted octanol–water partition coefficient (Wildman–Crippen LogP) is 11.4. The number of aliphatic hydroxyl groups is 2. The summed E-state index contributed by atoms with van der Waals surface area (Å²) in [5, 5.41) is 27.8. The number of nitrogens with one attached hydrogen (secondary N) is 1. The molecule has 3 saturated carbocycles. The van der Waals surface area contributed by atoms with Gasteiger partial charge in [0.05, 0.1) is 55.6 Å². The molecular weight excluding hydrogens is 857 g/mol. The van der Waals surface area contributed by atoms with Crippen LogP contribution in [-0.4, -0.2) is 59.4 Å². The number of aliphatic hydroxyl groups excluding tert-OH is 1. The van der Waals surface area contributed by atoms with E-state index in [1.165, 1.54) is 18.2 Å². The Kier molecular flexibility index (Phi) is 11.2. The number of allylic oxidation sites excluding steroid dienone is 4. The monoisotopic (exact) mass is 912 g/mol. The van der Waals surface area contributed by atoms with Gasteiger partial charge in [-0.25, -0.2) is 4.79 Å². The lowest BCUT2D eigenvalue weighted by Crippen LogP contribution is -2.67. The maximum Gasteiger partial charge on any atom is 0.416 e. The average Bonchev–Trinajstić information content (AvgIpc) is 3.88. The highest BCUT2D eigenvalue weighted by Gasteiger charge is 2.74. The molecule has 9 atom stereocenters. The second kappa shape index (κ2) is 16.1. The number of hydrogen-bond donors (Lipinski definition) is 3. The Bertz CT molecular complexity index is 2580. The van der Waals surface area contributed by atoms with Crippen LogP contribution < -0.4 is 14.8 Å². The lowest BCUT2D eigenvalue weighted by Gasteiger charge is -2.71. The van der Waals surface area contributed by atoms with E-state index in [4.69, 9.17) is 25.5 Å². The molecule has 65 heavy (non-hydrogen) atoms. The maximum absolute atomic E-state index is 15.3. The van der Waals surface area contributed by atoms with E-state index >= 15 is 4.79 Å². The highest BCUT2D eigenvalue weighted by atomic mass is 35.5. The summed E-state index contributed by atoms with van der Waals surface area (Å²) in [7, 11) is 3.14. The van der Waals surface area contributed by atoms with Crippen LogP contribution in [0.1, 0.15) is 99.0 Å². The molecule has 6 aliphatic rings. The highest BCUT2D eigenvalue weighted by Crippen LogP contribution is 2.78. The number of furan rings is 1. The number of rotatable bonds is 11. The van der Waals surface area contributed by atoms with E-state index in [0.29, 0.717) is 55.6 Å². The number of ketones is 1. The van der Waals surface area contributed by atoms with E-state index in [-0.39, 0.29) is 64.5 Å². The van der Waals surface area contributed by atoms with Gasteiger partial charge in [-0.3, -0.25) is 4.79 Å². The summed E-state index contributed by atoms with van der Waals surface area (Å²) in [5.41, 5.74) is -2.74. The first-order valence-electron chi connectivity index (χ1n) is 22.5. The quantitative estimate of drug-likeness (QED) is 0.101. The summed E-state index contributed by atoms with van der Waals surface area (Å²) in [6, 6.07) is 20.4. The average molecular weight is 913 g/mol. The van der Waals surface area contributed by atoms with Gasteiger partial charge >= 0.3 is 12.2 Å². The Morgan fingerprint density at radius 2 is 1.65 bits per heavy atom. The minimum atomic E-state index is -4.62. The van der Waals surface area contributed by atoms with E-state index in [0.717, 1.165) is 29.7 Å². The maximum atomic E-state index is 15.3. The van der Waals surface area contributed by atoms with Crippen molar-refractivity contribution < 1.29 is 46.9 Å². The Morgan fingerprint density at radius 1 is 0.923 bits per heavy atom. The molecular formula is C52H56ClF3N2O7. The molecule has 0 aliphatic heterocycles. The standard InChI is InChI=1S/C52H56ClF3N2O7/c1-31(32-9-7-6-8-10-32)57-46(61)58(29-33-11-13-36(63-4)26-42(33)64-5)30-50(62)22-19-44-48(50,3)21-18-43-47(2)20-17-35(59)27-49(47)23-24-51(43,44)38(28-49)45(60)41-16-15-40(65-41)37-25-34(52(54,55)56)12-14-39(37)53/h6-16,23-26,28,31,35,43-44,59,62H,17-22,27,29-30H2,1-5H3,(H,57,61)/t31-,35?,43-,44-,47-,48+,49+,50-,51-/m1/s1. The van der Waals surface area contributed by atoms with Crippen molar-refractivity contribution in [2.24, 2.45) is 33.5 Å². The van der Waals surface area contributed by atoms with Crippen LogP contribution in [0.3, 0.4) is 0 Å². The second-order valence-electron chi connectivity index (χ2n) is 19.6. The number of alkyl halides is 3. The minimum Gasteiger partial charge on any atom is -0.497 e. The molecule has 6 aliphatic carbocycles. The third-order valence-corrected chi connectivity index (χ3v) is 16.9. The van der Waals surface area contributed by atoms with Gasteiger partial charge in [0.15, 0.2) is 5.76 Å². The lowest BCUT2D eigenvalue weighted by atomic mass is 9.32.